The maximum atomic E-state index is 14.3. The second kappa shape index (κ2) is 12.3. The van der Waals surface area contributed by atoms with Crippen molar-refractivity contribution in [3.8, 4) is 11.4 Å². The van der Waals surface area contributed by atoms with Crippen LogP contribution in [-0.4, -0.2) is 41.3 Å². The molecule has 44 heavy (non-hydrogen) atoms. The normalized spacial score (nSPS) is 15.7. The number of fused-ring (bicyclic) bond motifs is 1. The molecule has 1 saturated heterocycles. The molecule has 1 fully saturated rings. The molecule has 2 aliphatic heterocycles. The van der Waals surface area contributed by atoms with Gasteiger partial charge in [-0.25, -0.2) is 9.48 Å². The number of amides is 2. The minimum Gasteiger partial charge on any atom is -0.493 e. The second-order valence-corrected chi connectivity index (χ2v) is 12.9. The molecule has 8 heteroatoms. The number of nitrogens with one attached hydrogen (secondary N) is 3. The lowest BCUT2D eigenvalue weighted by atomic mass is 9.75. The minimum atomic E-state index is -0.391. The van der Waals surface area contributed by atoms with Crippen LogP contribution in [0.2, 0.25) is 0 Å². The number of carbonyl (C=O) groups excluding carboxylic acids is 2. The third-order valence-corrected chi connectivity index (χ3v) is 8.65. The van der Waals surface area contributed by atoms with Gasteiger partial charge in [0.2, 0.25) is 0 Å². The molecular weight excluding hydrogens is 550 g/mol. The molecule has 3 heterocycles. The van der Waals surface area contributed by atoms with E-state index >= 15 is 0 Å². The molecule has 1 atom stereocenters. The van der Waals surface area contributed by atoms with Crippen molar-refractivity contribution in [2.24, 2.45) is 5.92 Å². The van der Waals surface area contributed by atoms with Crippen LogP contribution >= 0.6 is 0 Å². The summed E-state index contributed by atoms with van der Waals surface area (Å²) < 4.78 is 7.46. The molecule has 228 valence electrons. The first-order valence-electron chi connectivity index (χ1n) is 15.5. The van der Waals surface area contributed by atoms with Crippen molar-refractivity contribution < 1.29 is 14.3 Å². The topological polar surface area (TPSA) is 97.3 Å². The summed E-state index contributed by atoms with van der Waals surface area (Å²) in [5.41, 5.74) is 5.89. The lowest BCUT2D eigenvalue weighted by Crippen LogP contribution is -2.34. The number of aryl methyl sites for hydroxylation is 1. The van der Waals surface area contributed by atoms with Crippen LogP contribution in [0.25, 0.3) is 5.69 Å². The summed E-state index contributed by atoms with van der Waals surface area (Å²) in [5.74, 6) is 1.27. The molecule has 3 aromatic carbocycles. The molecule has 0 saturated carbocycles. The Morgan fingerprint density at radius 2 is 1.73 bits per heavy atom. The highest BCUT2D eigenvalue weighted by molar-refractivity contribution is 6.04. The van der Waals surface area contributed by atoms with Gasteiger partial charge in [-0.1, -0.05) is 56.7 Å². The number of nitrogens with zero attached hydrogens (tertiary/aromatic N) is 2. The largest absolute Gasteiger partial charge is 0.493 e. The number of ketones is 1. The summed E-state index contributed by atoms with van der Waals surface area (Å²) in [6, 6.07) is 23.0. The van der Waals surface area contributed by atoms with E-state index in [1.54, 1.807) is 4.68 Å². The van der Waals surface area contributed by atoms with E-state index in [-0.39, 0.29) is 23.0 Å². The predicted octanol–water partition coefficient (Wildman–Crippen LogP) is 7.02. The number of carbonyl (C=O) groups is 2. The van der Waals surface area contributed by atoms with Crippen molar-refractivity contribution >= 4 is 23.3 Å². The Morgan fingerprint density at radius 1 is 0.977 bits per heavy atom. The zero-order valence-electron chi connectivity index (χ0n) is 25.9. The van der Waals surface area contributed by atoms with Crippen LogP contribution in [-0.2, 0) is 11.8 Å². The van der Waals surface area contributed by atoms with E-state index < -0.39 is 6.03 Å². The summed E-state index contributed by atoms with van der Waals surface area (Å²) in [6.07, 6.45) is 2.58. The highest BCUT2D eigenvalue weighted by atomic mass is 16.5. The van der Waals surface area contributed by atoms with Gasteiger partial charge in [-0.3, -0.25) is 10.1 Å². The van der Waals surface area contributed by atoms with Crippen molar-refractivity contribution in [3.05, 3.63) is 101 Å². The molecule has 0 radical (unpaired) electrons. The number of para-hydroxylation sites is 1. The third kappa shape index (κ3) is 6.26. The summed E-state index contributed by atoms with van der Waals surface area (Å²) in [5, 5.41) is 14.4. The van der Waals surface area contributed by atoms with Crippen molar-refractivity contribution in [1.82, 2.24) is 15.1 Å². The predicted molar refractivity (Wildman–Crippen MR) is 174 cm³/mol. The van der Waals surface area contributed by atoms with E-state index in [4.69, 9.17) is 9.84 Å². The molecule has 0 bridgehead atoms. The summed E-state index contributed by atoms with van der Waals surface area (Å²) in [7, 11) is 0. The Labute approximate surface area is 259 Å². The quantitative estimate of drug-likeness (QED) is 0.201. The number of Topliss-reactive ketones (excluding diaryl/α,β-unsaturated/α-hetero) is 1. The number of ether oxygens (including phenoxy) is 1. The Kier molecular flexibility index (Phi) is 8.27. The fraction of sp³-hybridized carbons (Fsp3) is 0.361. The molecule has 1 unspecified atom stereocenters. The summed E-state index contributed by atoms with van der Waals surface area (Å²) in [6.45, 7) is 10.7. The number of rotatable bonds is 7. The molecule has 3 N–H and O–H groups in total. The maximum Gasteiger partial charge on any atom is 0.324 e. The highest BCUT2D eigenvalue weighted by Gasteiger charge is 2.34. The lowest BCUT2D eigenvalue weighted by Gasteiger charge is -2.31. The molecular formula is C36H41N5O3. The molecule has 6 rings (SSSR count). The van der Waals surface area contributed by atoms with Gasteiger partial charge in [-0.15, -0.1) is 0 Å². The number of piperidine rings is 1. The van der Waals surface area contributed by atoms with Crippen LogP contribution in [0.5, 0.6) is 5.75 Å². The molecule has 0 aliphatic carbocycles. The van der Waals surface area contributed by atoms with Crippen LogP contribution < -0.4 is 20.7 Å². The van der Waals surface area contributed by atoms with Crippen molar-refractivity contribution in [1.29, 1.82) is 0 Å². The van der Waals surface area contributed by atoms with Crippen LogP contribution in [0, 0.1) is 12.8 Å². The fourth-order valence-corrected chi connectivity index (χ4v) is 6.18. The van der Waals surface area contributed by atoms with Gasteiger partial charge in [0.15, 0.2) is 5.78 Å². The van der Waals surface area contributed by atoms with E-state index in [2.05, 4.69) is 36.7 Å². The second-order valence-electron chi connectivity index (χ2n) is 12.9. The molecule has 8 nitrogen and oxygen atoms in total. The number of hydrogen-bond acceptors (Lipinski definition) is 5. The first-order valence-corrected chi connectivity index (χ1v) is 15.5. The molecule has 0 spiro atoms. The number of benzene rings is 3. The van der Waals surface area contributed by atoms with Crippen LogP contribution in [0.4, 0.5) is 16.3 Å². The van der Waals surface area contributed by atoms with Gasteiger partial charge in [0, 0.05) is 29.2 Å². The maximum absolute atomic E-state index is 14.3. The van der Waals surface area contributed by atoms with E-state index in [0.29, 0.717) is 23.7 Å². The number of aromatic nitrogens is 2. The first kappa shape index (κ1) is 29.6. The van der Waals surface area contributed by atoms with E-state index in [9.17, 15) is 9.59 Å². The van der Waals surface area contributed by atoms with Gasteiger partial charge in [-0.2, -0.15) is 5.10 Å². The monoisotopic (exact) mass is 591 g/mol. The lowest BCUT2D eigenvalue weighted by molar-refractivity contribution is 0.0916. The SMILES string of the molecule is Cc1ccc(-n2nc(C(C)(C)C)cc2NC(=O)Nc2ccccc2C(C(=O)c2ccc3c(c2)CCO3)C2CCNCC2)cc1. The third-order valence-electron chi connectivity index (χ3n) is 8.65. The Balaban J connectivity index is 1.31. The number of hydrogen-bond donors (Lipinski definition) is 3. The summed E-state index contributed by atoms with van der Waals surface area (Å²) in [4.78, 5) is 27.9. The Hall–Kier alpha value is -4.43. The van der Waals surface area contributed by atoms with Crippen LogP contribution in [0.1, 0.15) is 72.3 Å². The number of urea groups is 1. The van der Waals surface area contributed by atoms with Crippen molar-refractivity contribution in [2.75, 3.05) is 30.3 Å². The van der Waals surface area contributed by atoms with Crippen molar-refractivity contribution in [3.63, 3.8) is 0 Å². The smallest absolute Gasteiger partial charge is 0.324 e. The first-order chi connectivity index (χ1) is 21.2. The van der Waals surface area contributed by atoms with Gasteiger partial charge >= 0.3 is 6.03 Å². The number of anilines is 2. The minimum absolute atomic E-state index is 0.0773. The average Bonchev–Trinajstić information content (AvgIpc) is 3.66. The standard InChI is InChI=1S/C36H41N5O3/c1-23-9-12-27(13-10-23)41-32(22-31(40-41)36(2,3)4)39-35(43)38-29-8-6-5-7-28(29)33(24-15-18-37-19-16-24)34(42)26-11-14-30-25(21-26)17-20-44-30/h5-14,21-22,24,33,37H,15-20H2,1-4H3,(H2,38,39,43). The molecule has 2 amide bonds. The van der Waals surface area contributed by atoms with Crippen LogP contribution in [0.3, 0.4) is 0 Å². The van der Waals surface area contributed by atoms with E-state index in [1.807, 2.05) is 79.7 Å². The van der Waals surface area contributed by atoms with Gasteiger partial charge in [-0.05, 0) is 86.3 Å². The zero-order chi connectivity index (χ0) is 30.8. The van der Waals surface area contributed by atoms with Gasteiger partial charge in [0.1, 0.15) is 11.6 Å². The van der Waals surface area contributed by atoms with Gasteiger partial charge in [0.25, 0.3) is 0 Å². The molecule has 4 aromatic rings. The van der Waals surface area contributed by atoms with E-state index in [0.717, 1.165) is 66.2 Å². The Morgan fingerprint density at radius 3 is 2.48 bits per heavy atom. The van der Waals surface area contributed by atoms with E-state index in [1.165, 1.54) is 0 Å². The molecule has 2 aliphatic rings. The van der Waals surface area contributed by atoms with Crippen LogP contribution in [0.15, 0.2) is 72.8 Å². The fourth-order valence-electron chi connectivity index (χ4n) is 6.18. The molecule has 1 aromatic heterocycles. The average molecular weight is 592 g/mol. The highest BCUT2D eigenvalue weighted by Crippen LogP contribution is 2.39. The van der Waals surface area contributed by atoms with Gasteiger partial charge in [0.05, 0.1) is 23.9 Å². The summed E-state index contributed by atoms with van der Waals surface area (Å²) >= 11 is 0. The van der Waals surface area contributed by atoms with Gasteiger partial charge < -0.3 is 15.4 Å². The Bertz CT molecular complexity index is 1660. The van der Waals surface area contributed by atoms with Crippen molar-refractivity contribution in [2.45, 2.75) is 58.3 Å². The zero-order valence-corrected chi connectivity index (χ0v) is 25.9.